The predicted molar refractivity (Wildman–Crippen MR) is 50.3 cm³/mol. The maximum atomic E-state index is 8.85. The van der Waals surface area contributed by atoms with Gasteiger partial charge in [-0.15, -0.1) is 0 Å². The van der Waals surface area contributed by atoms with Gasteiger partial charge in [-0.1, -0.05) is 12.1 Å². The number of rotatable bonds is 1. The molecule has 0 aliphatic heterocycles. The van der Waals surface area contributed by atoms with Crippen LogP contribution in [-0.2, 0) is 0 Å². The fourth-order valence-corrected chi connectivity index (χ4v) is 1.15. The van der Waals surface area contributed by atoms with Gasteiger partial charge in [0, 0.05) is 8.24 Å². The zero-order valence-corrected chi connectivity index (χ0v) is 6.27. The first kappa shape index (κ1) is 7.40. The third-order valence-corrected chi connectivity index (χ3v) is 1.77. The highest BCUT2D eigenvalue weighted by Crippen LogP contribution is 2.12. The summed E-state index contributed by atoms with van der Waals surface area (Å²) in [6, 6.07) is 6.80. The molecule has 2 N–H and O–H groups in total. The molecule has 0 atom stereocenters. The first-order chi connectivity index (χ1) is 5.77. The van der Waals surface area contributed by atoms with Crippen molar-refractivity contribution in [3.05, 3.63) is 30.5 Å². The van der Waals surface area contributed by atoms with E-state index in [2.05, 4.69) is 0 Å². The summed E-state index contributed by atoms with van der Waals surface area (Å²) in [5, 5.41) is 18.6. The highest BCUT2D eigenvalue weighted by molar-refractivity contribution is 6.58. The van der Waals surface area contributed by atoms with Gasteiger partial charge in [0.25, 0.3) is 0 Å². The van der Waals surface area contributed by atoms with Gasteiger partial charge in [-0.25, -0.2) is 0 Å². The predicted octanol–water partition coefficient (Wildman–Crippen LogP) is 0.605. The molecule has 0 unspecified atom stereocenters. The van der Waals surface area contributed by atoms with E-state index >= 15 is 0 Å². The Morgan fingerprint density at radius 2 is 2.08 bits per heavy atom. The SMILES string of the molecule is OB(O)c1ccc2occc2c1.[HH].[HH]. The lowest BCUT2D eigenvalue weighted by Gasteiger charge is -1.97. The normalized spacial score (nSPS) is 10.5. The summed E-state index contributed by atoms with van der Waals surface area (Å²) >= 11 is 0. The van der Waals surface area contributed by atoms with Crippen LogP contribution in [-0.4, -0.2) is 17.2 Å². The molecule has 0 radical (unpaired) electrons. The lowest BCUT2D eigenvalue weighted by molar-refractivity contribution is 0.426. The van der Waals surface area contributed by atoms with Crippen LogP contribution in [0.25, 0.3) is 11.0 Å². The van der Waals surface area contributed by atoms with Gasteiger partial charge in [0.1, 0.15) is 5.58 Å². The topological polar surface area (TPSA) is 53.6 Å². The van der Waals surface area contributed by atoms with Gasteiger partial charge in [-0.3, -0.25) is 0 Å². The summed E-state index contributed by atoms with van der Waals surface area (Å²) in [5.41, 5.74) is 1.23. The minimum absolute atomic E-state index is 0. The molecular formula is C8H11BO3. The Morgan fingerprint density at radius 1 is 1.25 bits per heavy atom. The molecular weight excluding hydrogens is 155 g/mol. The van der Waals surface area contributed by atoms with E-state index < -0.39 is 7.12 Å². The van der Waals surface area contributed by atoms with Crippen LogP contribution in [0.15, 0.2) is 34.9 Å². The number of fused-ring (bicyclic) bond motifs is 1. The van der Waals surface area contributed by atoms with Crippen LogP contribution in [0.1, 0.15) is 2.85 Å². The van der Waals surface area contributed by atoms with Crippen molar-refractivity contribution >= 4 is 23.6 Å². The highest BCUT2D eigenvalue weighted by atomic mass is 16.4. The Morgan fingerprint density at radius 3 is 2.83 bits per heavy atom. The number of furan rings is 1. The monoisotopic (exact) mass is 166 g/mol. The maximum Gasteiger partial charge on any atom is 0.488 e. The van der Waals surface area contributed by atoms with E-state index in [1.165, 1.54) is 0 Å². The van der Waals surface area contributed by atoms with Crippen LogP contribution in [0.3, 0.4) is 0 Å². The summed E-state index contributed by atoms with van der Waals surface area (Å²) in [4.78, 5) is 0. The molecule has 0 aliphatic carbocycles. The molecule has 1 aromatic heterocycles. The van der Waals surface area contributed by atoms with Crippen LogP contribution >= 0.6 is 0 Å². The average molecular weight is 166 g/mol. The Bertz CT molecular complexity index is 402. The second-order valence-corrected chi connectivity index (χ2v) is 2.59. The van der Waals surface area contributed by atoms with Crippen LogP contribution in [0, 0.1) is 0 Å². The molecule has 0 saturated carbocycles. The molecule has 2 rings (SSSR count). The van der Waals surface area contributed by atoms with E-state index in [1.807, 2.05) is 0 Å². The second kappa shape index (κ2) is 2.66. The van der Waals surface area contributed by atoms with Crippen molar-refractivity contribution in [2.24, 2.45) is 0 Å². The largest absolute Gasteiger partial charge is 0.488 e. The molecule has 0 saturated heterocycles. The van der Waals surface area contributed by atoms with Gasteiger partial charge >= 0.3 is 7.12 Å². The summed E-state index contributed by atoms with van der Waals surface area (Å²) < 4.78 is 5.09. The maximum absolute atomic E-state index is 8.85. The molecule has 12 heavy (non-hydrogen) atoms. The van der Waals surface area contributed by atoms with Crippen molar-refractivity contribution in [3.63, 3.8) is 0 Å². The Kier molecular flexibility index (Phi) is 1.64. The van der Waals surface area contributed by atoms with Gasteiger partial charge in [0.05, 0.1) is 6.26 Å². The van der Waals surface area contributed by atoms with E-state index in [0.29, 0.717) is 5.46 Å². The van der Waals surface area contributed by atoms with Gasteiger partial charge in [0.15, 0.2) is 0 Å². The smallest absolute Gasteiger partial charge is 0.464 e. The molecule has 0 spiro atoms. The first-order valence-electron chi connectivity index (χ1n) is 3.60. The van der Waals surface area contributed by atoms with Crippen molar-refractivity contribution in [1.29, 1.82) is 0 Å². The average Bonchev–Trinajstić information content (AvgIpc) is 2.49. The van der Waals surface area contributed by atoms with Crippen LogP contribution < -0.4 is 5.46 Å². The molecule has 2 aromatic rings. The van der Waals surface area contributed by atoms with Crippen LogP contribution in [0.4, 0.5) is 0 Å². The molecule has 64 valence electrons. The second-order valence-electron chi connectivity index (χ2n) is 2.59. The van der Waals surface area contributed by atoms with E-state index in [0.717, 1.165) is 11.0 Å². The summed E-state index contributed by atoms with van der Waals surface area (Å²) in [6.45, 7) is 0. The molecule has 0 fully saturated rings. The van der Waals surface area contributed by atoms with Gasteiger partial charge in [0.2, 0.25) is 0 Å². The van der Waals surface area contributed by atoms with Crippen molar-refractivity contribution in [2.45, 2.75) is 0 Å². The minimum Gasteiger partial charge on any atom is -0.464 e. The fraction of sp³-hybridized carbons (Fsp3) is 0. The Balaban J connectivity index is 0.000000845. The molecule has 0 aliphatic rings. The van der Waals surface area contributed by atoms with E-state index in [4.69, 9.17) is 14.5 Å². The Hall–Kier alpha value is -1.26. The summed E-state index contributed by atoms with van der Waals surface area (Å²) in [7, 11) is -1.41. The Labute approximate surface area is 72.4 Å². The van der Waals surface area contributed by atoms with E-state index in [1.54, 1.807) is 30.5 Å². The quantitative estimate of drug-likeness (QED) is 0.610. The van der Waals surface area contributed by atoms with Gasteiger partial charge < -0.3 is 14.5 Å². The summed E-state index contributed by atoms with van der Waals surface area (Å²) in [5.74, 6) is 0. The first-order valence-corrected chi connectivity index (χ1v) is 3.60. The van der Waals surface area contributed by atoms with Gasteiger partial charge in [-0.05, 0) is 17.6 Å². The lowest BCUT2D eigenvalue weighted by Crippen LogP contribution is -2.29. The highest BCUT2D eigenvalue weighted by Gasteiger charge is 2.10. The van der Waals surface area contributed by atoms with Crippen molar-refractivity contribution in [3.8, 4) is 0 Å². The van der Waals surface area contributed by atoms with E-state index in [-0.39, 0.29) is 2.85 Å². The molecule has 0 amide bonds. The number of benzene rings is 1. The van der Waals surface area contributed by atoms with Crippen molar-refractivity contribution < 1.29 is 17.3 Å². The standard InChI is InChI=1S/C8H7BO3.2H2/c10-9(11)7-1-2-8-6(5-7)3-4-12-8;;/h1-5,10-11H;2*1H. The zero-order chi connectivity index (χ0) is 8.55. The molecule has 0 bridgehead atoms. The third-order valence-electron chi connectivity index (χ3n) is 1.77. The van der Waals surface area contributed by atoms with Crippen LogP contribution in [0.2, 0.25) is 0 Å². The summed E-state index contributed by atoms with van der Waals surface area (Å²) in [6.07, 6.45) is 1.57. The molecule has 1 heterocycles. The molecule has 3 nitrogen and oxygen atoms in total. The van der Waals surface area contributed by atoms with Crippen LogP contribution in [0.5, 0.6) is 0 Å². The molecule has 4 heteroatoms. The van der Waals surface area contributed by atoms with Crippen molar-refractivity contribution in [2.75, 3.05) is 0 Å². The van der Waals surface area contributed by atoms with Gasteiger partial charge in [-0.2, -0.15) is 0 Å². The fourth-order valence-electron chi connectivity index (χ4n) is 1.15. The lowest BCUT2D eigenvalue weighted by atomic mass is 9.80. The number of hydrogen-bond donors (Lipinski definition) is 2. The third kappa shape index (κ3) is 1.11. The van der Waals surface area contributed by atoms with E-state index in [9.17, 15) is 0 Å². The van der Waals surface area contributed by atoms with Crippen molar-refractivity contribution in [1.82, 2.24) is 0 Å². The zero-order valence-electron chi connectivity index (χ0n) is 6.27. The number of hydrogen-bond acceptors (Lipinski definition) is 3. The molecule has 1 aromatic carbocycles. The minimum atomic E-state index is -1.41.